The Kier molecular flexibility index (Phi) is 2.02. The summed E-state index contributed by atoms with van der Waals surface area (Å²) in [5.41, 5.74) is 0.779. The Labute approximate surface area is 94.5 Å². The van der Waals surface area contributed by atoms with Gasteiger partial charge in [-0.15, -0.1) is 0 Å². The van der Waals surface area contributed by atoms with Gasteiger partial charge in [0.1, 0.15) is 23.3 Å². The quantitative estimate of drug-likeness (QED) is 0.522. The largest absolute Gasteiger partial charge is 0.207 e. The van der Waals surface area contributed by atoms with E-state index in [0.717, 1.165) is 12.1 Å². The molecule has 0 nitrogen and oxygen atoms in total. The molecule has 0 bridgehead atoms. The predicted molar refractivity (Wildman–Crippen MR) is 54.5 cm³/mol. The highest BCUT2D eigenvalue weighted by Crippen LogP contribution is 2.40. The maximum atomic E-state index is 13.6. The van der Waals surface area contributed by atoms with Crippen LogP contribution in [0.15, 0.2) is 24.3 Å². The van der Waals surface area contributed by atoms with E-state index in [1.54, 1.807) is 0 Å². The fraction of sp³-hybridized carbons (Fsp3) is 0.0769. The number of fused-ring (bicyclic) bond motifs is 3. The summed E-state index contributed by atoms with van der Waals surface area (Å²) in [6.45, 7) is 0. The van der Waals surface area contributed by atoms with Gasteiger partial charge in [-0.1, -0.05) is 0 Å². The van der Waals surface area contributed by atoms with Crippen molar-refractivity contribution in [2.24, 2.45) is 0 Å². The molecule has 1 aliphatic rings. The van der Waals surface area contributed by atoms with Crippen molar-refractivity contribution < 1.29 is 17.6 Å². The summed E-state index contributed by atoms with van der Waals surface area (Å²) in [5.74, 6) is -3.06. The number of halogens is 4. The van der Waals surface area contributed by atoms with Crippen molar-refractivity contribution in [2.75, 3.05) is 0 Å². The summed E-state index contributed by atoms with van der Waals surface area (Å²) in [4.78, 5) is 0. The van der Waals surface area contributed by atoms with E-state index in [1.165, 1.54) is 0 Å². The Morgan fingerprint density at radius 1 is 0.647 bits per heavy atom. The third-order valence-electron chi connectivity index (χ3n) is 2.90. The monoisotopic (exact) mass is 238 g/mol. The summed E-state index contributed by atoms with van der Waals surface area (Å²) in [6, 6.07) is 3.71. The maximum Gasteiger partial charge on any atom is 0.134 e. The molecule has 0 radical (unpaired) electrons. The topological polar surface area (TPSA) is 0 Å². The van der Waals surface area contributed by atoms with Crippen molar-refractivity contribution in [1.29, 1.82) is 0 Å². The molecule has 1 aliphatic carbocycles. The molecule has 0 fully saturated rings. The van der Waals surface area contributed by atoms with E-state index >= 15 is 0 Å². The second-order valence-electron chi connectivity index (χ2n) is 4.02. The molecule has 0 saturated heterocycles. The van der Waals surface area contributed by atoms with E-state index in [2.05, 4.69) is 0 Å². The number of rotatable bonds is 0. The molecule has 0 spiro atoms. The minimum Gasteiger partial charge on any atom is -0.207 e. The van der Waals surface area contributed by atoms with Gasteiger partial charge in [0.2, 0.25) is 0 Å². The summed E-state index contributed by atoms with van der Waals surface area (Å²) in [5, 5.41) is 0. The van der Waals surface area contributed by atoms with Crippen LogP contribution in [0.4, 0.5) is 17.6 Å². The zero-order valence-corrected chi connectivity index (χ0v) is 8.53. The van der Waals surface area contributed by atoms with Gasteiger partial charge in [-0.05, 0) is 29.7 Å². The molecule has 2 aromatic carbocycles. The standard InChI is InChI=1S/C13H6F4/c14-8-2-6-1-7-3-9(15)5-11(17)13(7)12(6)10(16)4-8/h2-5H,1H2. The number of benzene rings is 2. The lowest BCUT2D eigenvalue weighted by atomic mass is 10.0. The normalized spacial score (nSPS) is 12.5. The lowest BCUT2D eigenvalue weighted by Crippen LogP contribution is -1.91. The molecule has 0 atom stereocenters. The van der Waals surface area contributed by atoms with E-state index in [0.29, 0.717) is 23.3 Å². The Morgan fingerprint density at radius 2 is 1.06 bits per heavy atom. The average molecular weight is 238 g/mol. The molecule has 4 heteroatoms. The van der Waals surface area contributed by atoms with E-state index in [9.17, 15) is 17.6 Å². The number of hydrogen-bond donors (Lipinski definition) is 0. The van der Waals surface area contributed by atoms with Gasteiger partial charge in [-0.3, -0.25) is 0 Å². The molecule has 0 unspecified atom stereocenters. The van der Waals surface area contributed by atoms with Crippen LogP contribution in [-0.2, 0) is 6.42 Å². The van der Waals surface area contributed by atoms with Crippen LogP contribution < -0.4 is 0 Å². The zero-order chi connectivity index (χ0) is 12.2. The molecule has 3 rings (SSSR count). The summed E-state index contributed by atoms with van der Waals surface area (Å²) in [6.07, 6.45) is 0.147. The third-order valence-corrected chi connectivity index (χ3v) is 2.90. The van der Waals surface area contributed by atoms with Crippen molar-refractivity contribution >= 4 is 0 Å². The van der Waals surface area contributed by atoms with Crippen LogP contribution in [0.25, 0.3) is 11.1 Å². The summed E-state index contributed by atoms with van der Waals surface area (Å²) < 4.78 is 53.3. The first kappa shape index (κ1) is 10.3. The van der Waals surface area contributed by atoms with Gasteiger partial charge in [-0.2, -0.15) is 0 Å². The molecular weight excluding hydrogens is 232 g/mol. The van der Waals surface area contributed by atoms with Gasteiger partial charge in [0.05, 0.1) is 0 Å². The van der Waals surface area contributed by atoms with Crippen LogP contribution in [0.5, 0.6) is 0 Å². The first-order valence-corrected chi connectivity index (χ1v) is 5.02. The molecule has 0 amide bonds. The van der Waals surface area contributed by atoms with Gasteiger partial charge < -0.3 is 0 Å². The second kappa shape index (κ2) is 3.32. The zero-order valence-electron chi connectivity index (χ0n) is 8.53. The third kappa shape index (κ3) is 1.44. The van der Waals surface area contributed by atoms with Gasteiger partial charge in [0.15, 0.2) is 0 Å². The van der Waals surface area contributed by atoms with Gasteiger partial charge in [0, 0.05) is 23.3 Å². The first-order valence-electron chi connectivity index (χ1n) is 5.02. The molecular formula is C13H6F4. The van der Waals surface area contributed by atoms with Crippen LogP contribution >= 0.6 is 0 Å². The lowest BCUT2D eigenvalue weighted by Gasteiger charge is -2.04. The molecule has 0 saturated carbocycles. The summed E-state index contributed by atoms with van der Waals surface area (Å²) in [7, 11) is 0. The van der Waals surface area contributed by atoms with Crippen LogP contribution in [0.3, 0.4) is 0 Å². The summed E-state index contributed by atoms with van der Waals surface area (Å²) >= 11 is 0. The molecule has 0 heterocycles. The minimum absolute atomic E-state index is 0.0406. The van der Waals surface area contributed by atoms with Crippen LogP contribution in [0.2, 0.25) is 0 Å². The van der Waals surface area contributed by atoms with Gasteiger partial charge in [-0.25, -0.2) is 17.6 Å². The van der Waals surface area contributed by atoms with Crippen molar-refractivity contribution in [2.45, 2.75) is 6.42 Å². The Balaban J connectivity index is 2.35. The molecule has 0 N–H and O–H groups in total. The smallest absolute Gasteiger partial charge is 0.134 e. The maximum absolute atomic E-state index is 13.6. The average Bonchev–Trinajstić information content (AvgIpc) is 2.55. The van der Waals surface area contributed by atoms with Crippen LogP contribution in [-0.4, -0.2) is 0 Å². The first-order chi connectivity index (χ1) is 8.06. The van der Waals surface area contributed by atoms with Crippen molar-refractivity contribution in [3.05, 3.63) is 58.7 Å². The fourth-order valence-corrected chi connectivity index (χ4v) is 2.30. The van der Waals surface area contributed by atoms with Crippen LogP contribution in [0.1, 0.15) is 11.1 Å². The minimum atomic E-state index is -0.816. The molecule has 0 aliphatic heterocycles. The van der Waals surface area contributed by atoms with E-state index in [1.807, 2.05) is 0 Å². The van der Waals surface area contributed by atoms with E-state index in [-0.39, 0.29) is 17.5 Å². The Hall–Kier alpha value is -1.84. The lowest BCUT2D eigenvalue weighted by molar-refractivity contribution is 0.576. The molecule has 86 valence electrons. The van der Waals surface area contributed by atoms with Gasteiger partial charge >= 0.3 is 0 Å². The molecule has 2 aromatic rings. The number of hydrogen-bond acceptors (Lipinski definition) is 0. The highest BCUT2D eigenvalue weighted by Gasteiger charge is 2.26. The Morgan fingerprint density at radius 3 is 1.47 bits per heavy atom. The molecule has 17 heavy (non-hydrogen) atoms. The highest BCUT2D eigenvalue weighted by molar-refractivity contribution is 5.77. The van der Waals surface area contributed by atoms with Crippen LogP contribution in [0, 0.1) is 23.3 Å². The van der Waals surface area contributed by atoms with Gasteiger partial charge in [0.25, 0.3) is 0 Å². The van der Waals surface area contributed by atoms with Crippen molar-refractivity contribution in [3.8, 4) is 11.1 Å². The van der Waals surface area contributed by atoms with Crippen molar-refractivity contribution in [3.63, 3.8) is 0 Å². The molecule has 0 aromatic heterocycles. The predicted octanol–water partition coefficient (Wildman–Crippen LogP) is 3.81. The fourth-order valence-electron chi connectivity index (χ4n) is 2.30. The SMILES string of the molecule is Fc1cc(F)c2c(c1)Cc1cc(F)cc(F)c1-2. The highest BCUT2D eigenvalue weighted by atomic mass is 19.1. The second-order valence-corrected chi connectivity index (χ2v) is 4.02. The van der Waals surface area contributed by atoms with Crippen molar-refractivity contribution in [1.82, 2.24) is 0 Å². The van der Waals surface area contributed by atoms with E-state index in [4.69, 9.17) is 0 Å². The van der Waals surface area contributed by atoms with E-state index < -0.39 is 23.3 Å². The Bertz CT molecular complexity index is 576.